The van der Waals surface area contributed by atoms with Crippen LogP contribution in [0.15, 0.2) is 5.16 Å². The molecule has 1 aliphatic rings. The minimum absolute atomic E-state index is 0.246. The van der Waals surface area contributed by atoms with Crippen LogP contribution in [0.5, 0.6) is 0 Å². The lowest BCUT2D eigenvalue weighted by atomic mass is 9.75. The highest BCUT2D eigenvalue weighted by Gasteiger charge is 2.31. The van der Waals surface area contributed by atoms with Crippen molar-refractivity contribution < 1.29 is 4.84 Å². The normalized spacial score (nSPS) is 36.0. The quantitative estimate of drug-likeness (QED) is 0.526. The van der Waals surface area contributed by atoms with E-state index in [-0.39, 0.29) is 5.41 Å². The van der Waals surface area contributed by atoms with Gasteiger partial charge in [0.15, 0.2) is 0 Å². The van der Waals surface area contributed by atoms with E-state index >= 15 is 0 Å². The molecule has 0 aliphatic carbocycles. The smallest absolute Gasteiger partial charge is 0.122 e. The highest BCUT2D eigenvalue weighted by atomic mass is 16.6. The molecule has 1 rings (SSSR count). The average Bonchev–Trinajstić information content (AvgIpc) is 2.03. The Hall–Kier alpha value is -0.530. The third-order valence-electron chi connectivity index (χ3n) is 2.83. The van der Waals surface area contributed by atoms with E-state index in [1.165, 1.54) is 0 Å². The minimum atomic E-state index is 0.246. The molecule has 0 amide bonds. The van der Waals surface area contributed by atoms with Crippen LogP contribution in [0, 0.1) is 17.3 Å². The molecule has 0 aromatic rings. The summed E-state index contributed by atoms with van der Waals surface area (Å²) in [6.45, 7) is 9.62. The monoisotopic (exact) mass is 155 g/mol. The summed E-state index contributed by atoms with van der Waals surface area (Å²) in [7, 11) is 0. The van der Waals surface area contributed by atoms with Crippen LogP contribution in [0.2, 0.25) is 0 Å². The van der Waals surface area contributed by atoms with Crippen molar-refractivity contribution in [1.29, 1.82) is 0 Å². The van der Waals surface area contributed by atoms with E-state index in [9.17, 15) is 0 Å². The first-order chi connectivity index (χ1) is 5.04. The SMILES string of the molecule is CC1C=NOCC(C)(C)C1C. The molecule has 1 aliphatic heterocycles. The van der Waals surface area contributed by atoms with Gasteiger partial charge in [-0.15, -0.1) is 0 Å². The van der Waals surface area contributed by atoms with Crippen LogP contribution in [0.4, 0.5) is 0 Å². The summed E-state index contributed by atoms with van der Waals surface area (Å²) in [6, 6.07) is 0. The second kappa shape index (κ2) is 2.84. The van der Waals surface area contributed by atoms with Gasteiger partial charge < -0.3 is 4.84 Å². The summed E-state index contributed by atoms with van der Waals surface area (Å²) in [5, 5.41) is 3.87. The van der Waals surface area contributed by atoms with Crippen LogP contribution in [-0.4, -0.2) is 12.8 Å². The van der Waals surface area contributed by atoms with Gasteiger partial charge in [-0.1, -0.05) is 32.9 Å². The van der Waals surface area contributed by atoms with E-state index in [4.69, 9.17) is 4.84 Å². The molecule has 11 heavy (non-hydrogen) atoms. The van der Waals surface area contributed by atoms with Crippen molar-refractivity contribution in [3.05, 3.63) is 0 Å². The Bertz CT molecular complexity index is 163. The van der Waals surface area contributed by atoms with E-state index in [1.807, 2.05) is 6.21 Å². The highest BCUT2D eigenvalue weighted by molar-refractivity contribution is 5.60. The zero-order valence-electron chi connectivity index (χ0n) is 7.79. The topological polar surface area (TPSA) is 21.6 Å². The molecule has 2 nitrogen and oxygen atoms in total. The van der Waals surface area contributed by atoms with Crippen molar-refractivity contribution in [2.75, 3.05) is 6.61 Å². The molecule has 0 fully saturated rings. The molecule has 1 heterocycles. The fraction of sp³-hybridized carbons (Fsp3) is 0.889. The van der Waals surface area contributed by atoms with E-state index in [0.29, 0.717) is 11.8 Å². The van der Waals surface area contributed by atoms with Gasteiger partial charge in [0.2, 0.25) is 0 Å². The van der Waals surface area contributed by atoms with Crippen molar-refractivity contribution in [2.45, 2.75) is 27.7 Å². The van der Waals surface area contributed by atoms with Crippen LogP contribution in [0.1, 0.15) is 27.7 Å². The standard InChI is InChI=1S/C9H17NO/c1-7-5-10-11-6-9(3,4)8(7)2/h5,7-8H,6H2,1-4H3. The molecule has 2 unspecified atom stereocenters. The first kappa shape index (κ1) is 8.57. The number of rotatable bonds is 0. The third-order valence-corrected chi connectivity index (χ3v) is 2.83. The summed E-state index contributed by atoms with van der Waals surface area (Å²) in [5.41, 5.74) is 0.246. The van der Waals surface area contributed by atoms with Gasteiger partial charge in [0.05, 0.1) is 0 Å². The Morgan fingerprint density at radius 2 is 2.09 bits per heavy atom. The molecule has 0 aromatic carbocycles. The second-order valence-electron chi connectivity index (χ2n) is 4.16. The van der Waals surface area contributed by atoms with Gasteiger partial charge in [0.1, 0.15) is 6.61 Å². The molecular formula is C9H17NO. The summed E-state index contributed by atoms with van der Waals surface area (Å²) >= 11 is 0. The Labute approximate surface area is 68.6 Å². The van der Waals surface area contributed by atoms with Gasteiger partial charge in [-0.2, -0.15) is 0 Å². The van der Waals surface area contributed by atoms with Crippen LogP contribution < -0.4 is 0 Å². The molecule has 0 bridgehead atoms. The van der Waals surface area contributed by atoms with E-state index in [0.717, 1.165) is 6.61 Å². The van der Waals surface area contributed by atoms with Crippen LogP contribution in [-0.2, 0) is 4.84 Å². The maximum Gasteiger partial charge on any atom is 0.122 e. The molecule has 0 saturated carbocycles. The zero-order valence-corrected chi connectivity index (χ0v) is 7.79. The molecule has 64 valence electrons. The molecule has 0 saturated heterocycles. The summed E-state index contributed by atoms with van der Waals surface area (Å²) in [5.74, 6) is 1.15. The van der Waals surface area contributed by atoms with Crippen molar-refractivity contribution in [1.82, 2.24) is 0 Å². The van der Waals surface area contributed by atoms with Crippen molar-refractivity contribution in [2.24, 2.45) is 22.4 Å². The minimum Gasteiger partial charge on any atom is -0.395 e. The predicted molar refractivity (Wildman–Crippen MR) is 46.6 cm³/mol. The van der Waals surface area contributed by atoms with Gasteiger partial charge in [0, 0.05) is 11.6 Å². The molecule has 2 atom stereocenters. The lowest BCUT2D eigenvalue weighted by Gasteiger charge is -2.30. The lowest BCUT2D eigenvalue weighted by molar-refractivity contribution is 0.0426. The predicted octanol–water partition coefficient (Wildman–Crippen LogP) is 2.30. The van der Waals surface area contributed by atoms with Crippen molar-refractivity contribution >= 4 is 6.21 Å². The Morgan fingerprint density at radius 1 is 1.45 bits per heavy atom. The number of nitrogens with zero attached hydrogens (tertiary/aromatic N) is 1. The molecular weight excluding hydrogens is 138 g/mol. The fourth-order valence-electron chi connectivity index (χ4n) is 1.31. The van der Waals surface area contributed by atoms with Gasteiger partial charge in [-0.3, -0.25) is 0 Å². The summed E-state index contributed by atoms with van der Waals surface area (Å²) < 4.78 is 0. The molecule has 0 spiro atoms. The Balaban J connectivity index is 2.74. The number of hydrogen-bond acceptors (Lipinski definition) is 2. The van der Waals surface area contributed by atoms with Gasteiger partial charge in [-0.05, 0) is 11.8 Å². The van der Waals surface area contributed by atoms with Gasteiger partial charge in [-0.25, -0.2) is 0 Å². The van der Waals surface area contributed by atoms with Gasteiger partial charge >= 0.3 is 0 Å². The largest absolute Gasteiger partial charge is 0.395 e. The first-order valence-electron chi connectivity index (χ1n) is 4.19. The maximum atomic E-state index is 5.12. The lowest BCUT2D eigenvalue weighted by Crippen LogP contribution is -2.29. The molecule has 0 N–H and O–H groups in total. The van der Waals surface area contributed by atoms with Crippen molar-refractivity contribution in [3.8, 4) is 0 Å². The third kappa shape index (κ3) is 1.73. The summed E-state index contributed by atoms with van der Waals surface area (Å²) in [4.78, 5) is 5.12. The van der Waals surface area contributed by atoms with Crippen LogP contribution >= 0.6 is 0 Å². The zero-order chi connectivity index (χ0) is 8.48. The fourth-order valence-corrected chi connectivity index (χ4v) is 1.31. The first-order valence-corrected chi connectivity index (χ1v) is 4.19. The molecule has 0 aromatic heterocycles. The van der Waals surface area contributed by atoms with Gasteiger partial charge in [0.25, 0.3) is 0 Å². The number of hydrogen-bond donors (Lipinski definition) is 0. The van der Waals surface area contributed by atoms with Crippen molar-refractivity contribution in [3.63, 3.8) is 0 Å². The van der Waals surface area contributed by atoms with Crippen LogP contribution in [0.3, 0.4) is 0 Å². The van der Waals surface area contributed by atoms with E-state index in [1.54, 1.807) is 0 Å². The van der Waals surface area contributed by atoms with E-state index in [2.05, 4.69) is 32.9 Å². The highest BCUT2D eigenvalue weighted by Crippen LogP contribution is 2.33. The maximum absolute atomic E-state index is 5.12. The number of oxime groups is 1. The Kier molecular flexibility index (Phi) is 2.21. The molecule has 2 heteroatoms. The summed E-state index contributed by atoms with van der Waals surface area (Å²) in [6.07, 6.45) is 1.90. The molecule has 0 radical (unpaired) electrons. The van der Waals surface area contributed by atoms with Crippen LogP contribution in [0.25, 0.3) is 0 Å². The Morgan fingerprint density at radius 3 is 2.73 bits per heavy atom. The second-order valence-corrected chi connectivity index (χ2v) is 4.16. The average molecular weight is 155 g/mol. The van der Waals surface area contributed by atoms with E-state index < -0.39 is 0 Å².